The van der Waals surface area contributed by atoms with E-state index in [9.17, 15) is 8.42 Å². The van der Waals surface area contributed by atoms with E-state index in [1.807, 2.05) is 13.8 Å². The Morgan fingerprint density at radius 1 is 1.52 bits per heavy atom. The summed E-state index contributed by atoms with van der Waals surface area (Å²) in [6.07, 6.45) is 2.59. The summed E-state index contributed by atoms with van der Waals surface area (Å²) in [7, 11) is -1.47. The molecule has 21 heavy (non-hydrogen) atoms. The van der Waals surface area contributed by atoms with E-state index in [0.717, 1.165) is 19.5 Å². The minimum atomic E-state index is -3.53. The maximum Gasteiger partial charge on any atom is 0.257 e. The second-order valence-corrected chi connectivity index (χ2v) is 7.73. The van der Waals surface area contributed by atoms with Crippen molar-refractivity contribution in [1.29, 1.82) is 0 Å². The van der Waals surface area contributed by atoms with E-state index in [1.165, 1.54) is 0 Å². The third kappa shape index (κ3) is 4.50. The molecule has 7 nitrogen and oxygen atoms in total. The van der Waals surface area contributed by atoms with Crippen molar-refractivity contribution in [3.8, 4) is 0 Å². The molecule has 1 atom stereocenters. The van der Waals surface area contributed by atoms with Gasteiger partial charge in [-0.05, 0) is 25.9 Å². The molecule has 2 rings (SSSR count). The summed E-state index contributed by atoms with van der Waals surface area (Å²) in [6, 6.07) is 0.289. The normalized spacial score (nSPS) is 20.5. The van der Waals surface area contributed by atoms with E-state index < -0.39 is 10.0 Å². The van der Waals surface area contributed by atoms with Crippen molar-refractivity contribution in [3.63, 3.8) is 0 Å². The van der Waals surface area contributed by atoms with Gasteiger partial charge in [0.15, 0.2) is 5.03 Å². The zero-order chi connectivity index (χ0) is 15.5. The number of H-pyrrole nitrogens is 1. The fourth-order valence-corrected chi connectivity index (χ4v) is 3.71. The zero-order valence-electron chi connectivity index (χ0n) is 12.9. The van der Waals surface area contributed by atoms with Crippen LogP contribution in [0.4, 0.5) is 0 Å². The average Bonchev–Trinajstić information content (AvgIpc) is 3.03. The van der Waals surface area contributed by atoms with Gasteiger partial charge in [-0.3, -0.25) is 5.10 Å². The van der Waals surface area contributed by atoms with Crippen LogP contribution in [-0.4, -0.2) is 56.2 Å². The Morgan fingerprint density at radius 2 is 2.29 bits per heavy atom. The first-order valence-electron chi connectivity index (χ1n) is 7.32. The summed E-state index contributed by atoms with van der Waals surface area (Å²) in [5.74, 6) is 0.380. The Hall–Kier alpha value is -0.960. The molecule has 0 aliphatic carbocycles. The van der Waals surface area contributed by atoms with Crippen LogP contribution in [0.25, 0.3) is 0 Å². The van der Waals surface area contributed by atoms with Crippen molar-refractivity contribution in [1.82, 2.24) is 25.1 Å². The van der Waals surface area contributed by atoms with Gasteiger partial charge in [0, 0.05) is 31.2 Å². The Balaban J connectivity index is 1.97. The van der Waals surface area contributed by atoms with Crippen molar-refractivity contribution < 1.29 is 8.42 Å². The lowest BCUT2D eigenvalue weighted by Gasteiger charge is -2.13. The predicted octanol–water partition coefficient (Wildman–Crippen LogP) is 0.138. The average molecular weight is 315 g/mol. The van der Waals surface area contributed by atoms with Crippen molar-refractivity contribution in [2.75, 3.05) is 26.7 Å². The van der Waals surface area contributed by atoms with Crippen LogP contribution in [0.5, 0.6) is 0 Å². The van der Waals surface area contributed by atoms with Gasteiger partial charge in [0.05, 0.1) is 6.20 Å². The van der Waals surface area contributed by atoms with Gasteiger partial charge < -0.3 is 10.2 Å². The SMILES string of the molecule is CC(C)NCc1cn[nH]c1S(=O)(=O)NCC1CCN(C)C1. The molecular formula is C13H25N5O2S. The topological polar surface area (TPSA) is 90.1 Å². The quantitative estimate of drug-likeness (QED) is 0.666. The van der Waals surface area contributed by atoms with Crippen molar-refractivity contribution in [2.45, 2.75) is 37.9 Å². The number of nitrogens with one attached hydrogen (secondary N) is 3. The number of nitrogens with zero attached hydrogens (tertiary/aromatic N) is 2. The number of hydrogen-bond donors (Lipinski definition) is 3. The fraction of sp³-hybridized carbons (Fsp3) is 0.769. The van der Waals surface area contributed by atoms with Gasteiger partial charge >= 0.3 is 0 Å². The van der Waals surface area contributed by atoms with Gasteiger partial charge in [0.1, 0.15) is 0 Å². The zero-order valence-corrected chi connectivity index (χ0v) is 13.7. The molecule has 1 aliphatic heterocycles. The van der Waals surface area contributed by atoms with E-state index in [0.29, 0.717) is 24.6 Å². The maximum atomic E-state index is 12.4. The van der Waals surface area contributed by atoms with Crippen LogP contribution in [0.2, 0.25) is 0 Å². The van der Waals surface area contributed by atoms with E-state index >= 15 is 0 Å². The number of hydrogen-bond acceptors (Lipinski definition) is 5. The lowest BCUT2D eigenvalue weighted by molar-refractivity contribution is 0.394. The van der Waals surface area contributed by atoms with Crippen LogP contribution in [0.3, 0.4) is 0 Å². The molecule has 8 heteroatoms. The standard InChI is InChI=1S/C13H25N5O2S/c1-10(2)14-7-12-8-15-17-13(12)21(19,20)16-6-11-4-5-18(3)9-11/h8,10-11,14,16H,4-7,9H2,1-3H3,(H,15,17). The summed E-state index contributed by atoms with van der Waals surface area (Å²) in [5, 5.41) is 9.84. The largest absolute Gasteiger partial charge is 0.310 e. The number of likely N-dealkylation sites (tertiary alicyclic amines) is 1. The smallest absolute Gasteiger partial charge is 0.257 e. The van der Waals surface area contributed by atoms with Gasteiger partial charge in [0.2, 0.25) is 0 Å². The Kier molecular flexibility index (Phi) is 5.37. The van der Waals surface area contributed by atoms with Crippen molar-refractivity contribution >= 4 is 10.0 Å². The number of sulfonamides is 1. The first kappa shape index (κ1) is 16.4. The second-order valence-electron chi connectivity index (χ2n) is 6.03. The van der Waals surface area contributed by atoms with Crippen molar-refractivity contribution in [2.24, 2.45) is 5.92 Å². The highest BCUT2D eigenvalue weighted by Crippen LogP contribution is 2.16. The van der Waals surface area contributed by atoms with E-state index in [2.05, 4.69) is 32.2 Å². The summed E-state index contributed by atoms with van der Waals surface area (Å²) in [4.78, 5) is 2.22. The molecule has 0 bridgehead atoms. The summed E-state index contributed by atoms with van der Waals surface area (Å²) in [6.45, 7) is 6.96. The maximum absolute atomic E-state index is 12.4. The molecule has 0 saturated carbocycles. The third-order valence-electron chi connectivity index (χ3n) is 3.70. The van der Waals surface area contributed by atoms with Crippen LogP contribution in [0.1, 0.15) is 25.8 Å². The predicted molar refractivity (Wildman–Crippen MR) is 81.4 cm³/mol. The van der Waals surface area contributed by atoms with Crippen molar-refractivity contribution in [3.05, 3.63) is 11.8 Å². The number of aromatic nitrogens is 2. The molecule has 0 radical (unpaired) electrons. The molecule has 1 aromatic heterocycles. The molecule has 0 aromatic carbocycles. The molecule has 1 unspecified atom stereocenters. The van der Waals surface area contributed by atoms with Crippen LogP contribution >= 0.6 is 0 Å². The Labute approximate surface area is 126 Å². The molecule has 1 fully saturated rings. The van der Waals surface area contributed by atoms with Crippen LogP contribution < -0.4 is 10.0 Å². The van der Waals surface area contributed by atoms with Gasteiger partial charge in [-0.15, -0.1) is 0 Å². The summed E-state index contributed by atoms with van der Waals surface area (Å²) < 4.78 is 27.4. The summed E-state index contributed by atoms with van der Waals surface area (Å²) >= 11 is 0. The van der Waals surface area contributed by atoms with E-state index in [4.69, 9.17) is 0 Å². The van der Waals surface area contributed by atoms with E-state index in [1.54, 1.807) is 6.20 Å². The van der Waals surface area contributed by atoms with Gasteiger partial charge in [-0.25, -0.2) is 13.1 Å². The molecule has 0 amide bonds. The number of rotatable bonds is 7. The molecule has 1 aliphatic rings. The molecule has 1 saturated heterocycles. The Bertz CT molecular complexity index is 555. The fourth-order valence-electron chi connectivity index (χ4n) is 2.46. The first-order chi connectivity index (χ1) is 9.88. The molecule has 120 valence electrons. The molecule has 0 spiro atoms. The minimum Gasteiger partial charge on any atom is -0.310 e. The van der Waals surface area contributed by atoms with E-state index in [-0.39, 0.29) is 11.1 Å². The highest BCUT2D eigenvalue weighted by Gasteiger charge is 2.25. The van der Waals surface area contributed by atoms with Crippen LogP contribution in [0.15, 0.2) is 11.2 Å². The number of aromatic amines is 1. The van der Waals surface area contributed by atoms with Crippen LogP contribution in [-0.2, 0) is 16.6 Å². The first-order valence-corrected chi connectivity index (χ1v) is 8.80. The molecule has 2 heterocycles. The highest BCUT2D eigenvalue weighted by molar-refractivity contribution is 7.89. The lowest BCUT2D eigenvalue weighted by Crippen LogP contribution is -2.32. The van der Waals surface area contributed by atoms with Crippen LogP contribution in [0, 0.1) is 5.92 Å². The lowest BCUT2D eigenvalue weighted by atomic mass is 10.1. The van der Waals surface area contributed by atoms with Gasteiger partial charge in [0.25, 0.3) is 10.0 Å². The molecular weight excluding hydrogens is 290 g/mol. The van der Waals surface area contributed by atoms with Gasteiger partial charge in [-0.2, -0.15) is 5.10 Å². The highest BCUT2D eigenvalue weighted by atomic mass is 32.2. The third-order valence-corrected chi connectivity index (χ3v) is 5.14. The molecule has 1 aromatic rings. The summed E-state index contributed by atoms with van der Waals surface area (Å²) in [5.41, 5.74) is 0.666. The second kappa shape index (κ2) is 6.87. The Morgan fingerprint density at radius 3 is 2.90 bits per heavy atom. The minimum absolute atomic E-state index is 0.169. The molecule has 3 N–H and O–H groups in total. The monoisotopic (exact) mass is 315 g/mol. The van der Waals surface area contributed by atoms with Gasteiger partial charge in [-0.1, -0.05) is 13.8 Å².